The monoisotopic (exact) mass is 257 g/mol. The molecule has 1 aliphatic heterocycles. The first-order chi connectivity index (χ1) is 9.15. The third-order valence-corrected chi connectivity index (χ3v) is 3.46. The molecule has 0 aromatic heterocycles. The first kappa shape index (κ1) is 11.8. The second-order valence-corrected chi connectivity index (χ2v) is 4.80. The van der Waals surface area contributed by atoms with E-state index in [1.165, 1.54) is 12.1 Å². The minimum atomic E-state index is -0.300. The zero-order valence-corrected chi connectivity index (χ0v) is 10.8. The molecular weight excluding hydrogens is 241 g/mol. The highest BCUT2D eigenvalue weighted by molar-refractivity contribution is 5.80. The van der Waals surface area contributed by atoms with Gasteiger partial charge in [-0.3, -0.25) is 0 Å². The number of nitrogen functional groups attached to an aromatic ring is 1. The number of fused-ring (bicyclic) bond motifs is 1. The number of likely N-dealkylation sites (N-methyl/N-ethyl adjacent to an activating group) is 1. The fourth-order valence-electron chi connectivity index (χ4n) is 2.53. The number of nitrogens with zero attached hydrogens (tertiary/aromatic N) is 2. The van der Waals surface area contributed by atoms with Crippen molar-refractivity contribution in [3.05, 3.63) is 48.3 Å². The first-order valence-electron chi connectivity index (χ1n) is 6.29. The lowest BCUT2D eigenvalue weighted by Crippen LogP contribution is -2.36. The van der Waals surface area contributed by atoms with Crippen molar-refractivity contribution in [3.63, 3.8) is 0 Å². The summed E-state index contributed by atoms with van der Waals surface area (Å²) in [6.45, 7) is 1.71. The Kier molecular flexibility index (Phi) is 2.78. The molecule has 0 aliphatic carbocycles. The molecule has 1 aliphatic rings. The molecule has 0 saturated heterocycles. The highest BCUT2D eigenvalue weighted by Gasteiger charge is 2.21. The molecule has 4 heteroatoms. The minimum absolute atomic E-state index is 0.300. The Morgan fingerprint density at radius 1 is 1.05 bits per heavy atom. The zero-order valence-electron chi connectivity index (χ0n) is 10.8. The molecule has 0 saturated carbocycles. The number of nitrogens with two attached hydrogens (primary N) is 1. The van der Waals surface area contributed by atoms with Gasteiger partial charge in [0, 0.05) is 31.5 Å². The van der Waals surface area contributed by atoms with Crippen molar-refractivity contribution in [3.8, 4) is 0 Å². The van der Waals surface area contributed by atoms with Gasteiger partial charge in [0.05, 0.1) is 11.4 Å². The maximum Gasteiger partial charge on any atom is 0.127 e. The van der Waals surface area contributed by atoms with Gasteiger partial charge >= 0.3 is 0 Å². The van der Waals surface area contributed by atoms with Gasteiger partial charge in [-0.1, -0.05) is 12.1 Å². The van der Waals surface area contributed by atoms with Gasteiger partial charge in [0.1, 0.15) is 5.82 Å². The van der Waals surface area contributed by atoms with E-state index >= 15 is 0 Å². The van der Waals surface area contributed by atoms with E-state index in [1.54, 1.807) is 0 Å². The van der Waals surface area contributed by atoms with Crippen LogP contribution in [-0.2, 0) is 0 Å². The van der Waals surface area contributed by atoms with Crippen LogP contribution in [0.15, 0.2) is 42.5 Å². The number of para-hydroxylation sites is 2. The molecule has 0 atom stereocenters. The Hall–Kier alpha value is -2.23. The van der Waals surface area contributed by atoms with Crippen molar-refractivity contribution in [2.45, 2.75) is 0 Å². The summed E-state index contributed by atoms with van der Waals surface area (Å²) in [5.74, 6) is -0.300. The van der Waals surface area contributed by atoms with Gasteiger partial charge in [-0.2, -0.15) is 0 Å². The van der Waals surface area contributed by atoms with Gasteiger partial charge in [0.2, 0.25) is 0 Å². The molecule has 98 valence electrons. The van der Waals surface area contributed by atoms with E-state index < -0.39 is 0 Å². The lowest BCUT2D eigenvalue weighted by atomic mass is 10.1. The third-order valence-electron chi connectivity index (χ3n) is 3.46. The van der Waals surface area contributed by atoms with Crippen LogP contribution >= 0.6 is 0 Å². The molecule has 0 radical (unpaired) electrons. The second kappa shape index (κ2) is 4.46. The molecular formula is C15H16FN3. The lowest BCUT2D eigenvalue weighted by Gasteiger charge is -2.37. The largest absolute Gasteiger partial charge is 0.399 e. The first-order valence-corrected chi connectivity index (χ1v) is 6.29. The third kappa shape index (κ3) is 2.10. The van der Waals surface area contributed by atoms with Gasteiger partial charge in [-0.15, -0.1) is 0 Å². The lowest BCUT2D eigenvalue weighted by molar-refractivity contribution is 0.628. The molecule has 0 unspecified atom stereocenters. The van der Waals surface area contributed by atoms with Crippen molar-refractivity contribution >= 4 is 22.7 Å². The number of hydrogen-bond acceptors (Lipinski definition) is 3. The number of rotatable bonds is 1. The zero-order chi connectivity index (χ0) is 13.4. The van der Waals surface area contributed by atoms with E-state index in [2.05, 4.69) is 22.9 Å². The summed E-state index contributed by atoms with van der Waals surface area (Å²) in [6.07, 6.45) is 0. The number of halogens is 1. The van der Waals surface area contributed by atoms with Crippen LogP contribution in [0, 0.1) is 5.82 Å². The van der Waals surface area contributed by atoms with Crippen LogP contribution in [0.25, 0.3) is 0 Å². The molecule has 3 nitrogen and oxygen atoms in total. The standard InChI is InChI=1S/C15H16FN3/c1-18-6-7-19(15-5-3-2-4-14(15)18)13-9-11(16)8-12(17)10-13/h2-5,8-10H,6-7,17H2,1H3. The minimum Gasteiger partial charge on any atom is -0.399 e. The van der Waals surface area contributed by atoms with E-state index in [0.29, 0.717) is 5.69 Å². The van der Waals surface area contributed by atoms with Crippen molar-refractivity contribution in [1.29, 1.82) is 0 Å². The normalized spacial score (nSPS) is 14.4. The van der Waals surface area contributed by atoms with Gasteiger partial charge in [0.25, 0.3) is 0 Å². The van der Waals surface area contributed by atoms with Gasteiger partial charge < -0.3 is 15.5 Å². The molecule has 0 amide bonds. The Morgan fingerprint density at radius 3 is 2.53 bits per heavy atom. The van der Waals surface area contributed by atoms with E-state index in [-0.39, 0.29) is 5.82 Å². The number of hydrogen-bond donors (Lipinski definition) is 1. The van der Waals surface area contributed by atoms with Crippen LogP contribution in [0.3, 0.4) is 0 Å². The molecule has 2 aromatic rings. The predicted molar refractivity (Wildman–Crippen MR) is 77.5 cm³/mol. The fourth-order valence-corrected chi connectivity index (χ4v) is 2.53. The predicted octanol–water partition coefficient (Wildman–Crippen LogP) is 3.00. The topological polar surface area (TPSA) is 32.5 Å². The second-order valence-electron chi connectivity index (χ2n) is 4.80. The van der Waals surface area contributed by atoms with E-state index in [9.17, 15) is 4.39 Å². The molecule has 2 N–H and O–H groups in total. The molecule has 0 spiro atoms. The van der Waals surface area contributed by atoms with Gasteiger partial charge in [0.15, 0.2) is 0 Å². The van der Waals surface area contributed by atoms with Crippen molar-refractivity contribution < 1.29 is 4.39 Å². The van der Waals surface area contributed by atoms with Crippen LogP contribution in [0.1, 0.15) is 0 Å². The number of anilines is 4. The summed E-state index contributed by atoms with van der Waals surface area (Å²) in [4.78, 5) is 4.31. The molecule has 1 heterocycles. The van der Waals surface area contributed by atoms with Crippen molar-refractivity contribution in [2.24, 2.45) is 0 Å². The molecule has 2 aromatic carbocycles. The summed E-state index contributed by atoms with van der Waals surface area (Å²) in [5, 5.41) is 0. The van der Waals surface area contributed by atoms with Gasteiger partial charge in [-0.05, 0) is 30.3 Å². The maximum atomic E-state index is 13.5. The summed E-state index contributed by atoms with van der Waals surface area (Å²) < 4.78 is 13.5. The van der Waals surface area contributed by atoms with Crippen molar-refractivity contribution in [1.82, 2.24) is 0 Å². The number of benzene rings is 2. The Balaban J connectivity index is 2.09. The van der Waals surface area contributed by atoms with Crippen LogP contribution in [0.2, 0.25) is 0 Å². The SMILES string of the molecule is CN1CCN(c2cc(N)cc(F)c2)c2ccccc21. The quantitative estimate of drug-likeness (QED) is 0.797. The average Bonchev–Trinajstić information content (AvgIpc) is 2.38. The van der Waals surface area contributed by atoms with Gasteiger partial charge in [-0.25, -0.2) is 4.39 Å². The molecule has 0 fully saturated rings. The van der Waals surface area contributed by atoms with Crippen LogP contribution in [-0.4, -0.2) is 20.1 Å². The smallest absolute Gasteiger partial charge is 0.127 e. The molecule has 0 bridgehead atoms. The summed E-state index contributed by atoms with van der Waals surface area (Å²) in [6, 6.07) is 12.8. The summed E-state index contributed by atoms with van der Waals surface area (Å²) in [5.41, 5.74) is 9.22. The Labute approximate surface area is 112 Å². The average molecular weight is 257 g/mol. The van der Waals surface area contributed by atoms with E-state index in [0.717, 1.165) is 30.2 Å². The van der Waals surface area contributed by atoms with E-state index in [1.807, 2.05) is 24.3 Å². The summed E-state index contributed by atoms with van der Waals surface area (Å²) in [7, 11) is 2.07. The molecule has 19 heavy (non-hydrogen) atoms. The highest BCUT2D eigenvalue weighted by Crippen LogP contribution is 2.37. The maximum absolute atomic E-state index is 13.5. The summed E-state index contributed by atoms with van der Waals surface area (Å²) >= 11 is 0. The van der Waals surface area contributed by atoms with Crippen LogP contribution in [0.5, 0.6) is 0 Å². The van der Waals surface area contributed by atoms with E-state index in [4.69, 9.17) is 5.73 Å². The van der Waals surface area contributed by atoms with Crippen LogP contribution in [0.4, 0.5) is 27.1 Å². The fraction of sp³-hybridized carbons (Fsp3) is 0.200. The molecule has 3 rings (SSSR count). The Bertz CT molecular complexity index is 592. The van der Waals surface area contributed by atoms with Crippen LogP contribution < -0.4 is 15.5 Å². The van der Waals surface area contributed by atoms with Crippen molar-refractivity contribution in [2.75, 3.05) is 35.7 Å². The highest BCUT2D eigenvalue weighted by atomic mass is 19.1. The Morgan fingerprint density at radius 2 is 1.79 bits per heavy atom.